The number of rotatable bonds is 7. The molecule has 3 heterocycles. The van der Waals surface area contributed by atoms with E-state index in [0.717, 1.165) is 31.4 Å². The second-order valence-electron chi connectivity index (χ2n) is 7.00. The van der Waals surface area contributed by atoms with Crippen LogP contribution >= 0.6 is 0 Å². The number of carbonyl (C=O) groups excluding carboxylic acids is 1. The van der Waals surface area contributed by atoms with Gasteiger partial charge in [0, 0.05) is 44.6 Å². The summed E-state index contributed by atoms with van der Waals surface area (Å²) in [5, 5.41) is 14.6. The molecule has 3 aromatic rings. The number of aromatic amines is 1. The molecule has 1 aliphatic heterocycles. The molecule has 2 N–H and O–H groups in total. The molecule has 1 saturated heterocycles. The number of hydrogen-bond acceptors (Lipinski definition) is 5. The molecule has 29 heavy (non-hydrogen) atoms. The molecule has 0 radical (unpaired) electrons. The number of methoxy groups -OCH3 is 1. The van der Waals surface area contributed by atoms with Crippen molar-refractivity contribution in [3.8, 4) is 11.4 Å². The van der Waals surface area contributed by atoms with Gasteiger partial charge in [-0.05, 0) is 19.3 Å². The van der Waals surface area contributed by atoms with E-state index >= 15 is 0 Å². The monoisotopic (exact) mass is 395 g/mol. The standard InChI is InChI=1S/C20H25N7O2/c1-29-14-6-11-26-13-10-17(25-26)21-20(28)27-12-5-9-16(27)19-22-18(23-24-19)15-7-3-2-4-8-15/h2-4,7-8,10,13,16H,5-6,9,11-12,14H2,1H3,(H,21,25,28)(H,22,23,24)/t16-/m1/s1. The van der Waals surface area contributed by atoms with E-state index in [1.165, 1.54) is 0 Å². The largest absolute Gasteiger partial charge is 0.385 e. The first-order chi connectivity index (χ1) is 14.2. The quantitative estimate of drug-likeness (QED) is 0.599. The Morgan fingerprint density at radius 2 is 2.17 bits per heavy atom. The molecule has 0 spiro atoms. The summed E-state index contributed by atoms with van der Waals surface area (Å²) < 4.78 is 6.86. The van der Waals surface area contributed by atoms with Crippen molar-refractivity contribution < 1.29 is 9.53 Å². The van der Waals surface area contributed by atoms with Crippen LogP contribution in [0.5, 0.6) is 0 Å². The summed E-state index contributed by atoms with van der Waals surface area (Å²) in [4.78, 5) is 19.2. The summed E-state index contributed by atoms with van der Waals surface area (Å²) in [6.45, 7) is 2.10. The van der Waals surface area contributed by atoms with Crippen molar-refractivity contribution >= 4 is 11.8 Å². The number of H-pyrrole nitrogens is 1. The molecule has 0 unspecified atom stereocenters. The summed E-state index contributed by atoms with van der Waals surface area (Å²) in [7, 11) is 1.68. The predicted octanol–water partition coefficient (Wildman–Crippen LogP) is 3.07. The minimum Gasteiger partial charge on any atom is -0.385 e. The molecule has 1 aliphatic rings. The van der Waals surface area contributed by atoms with Crippen molar-refractivity contribution in [3.63, 3.8) is 0 Å². The number of carbonyl (C=O) groups is 1. The van der Waals surface area contributed by atoms with Gasteiger partial charge in [-0.25, -0.2) is 9.78 Å². The maximum Gasteiger partial charge on any atom is 0.323 e. The molecular formula is C20H25N7O2. The fourth-order valence-electron chi connectivity index (χ4n) is 3.54. The Morgan fingerprint density at radius 3 is 3.00 bits per heavy atom. The maximum absolute atomic E-state index is 12.8. The summed E-state index contributed by atoms with van der Waals surface area (Å²) in [6, 6.07) is 11.3. The molecule has 0 aliphatic carbocycles. The van der Waals surface area contributed by atoms with Crippen molar-refractivity contribution in [2.75, 3.05) is 25.6 Å². The van der Waals surface area contributed by atoms with Gasteiger partial charge in [-0.3, -0.25) is 15.1 Å². The number of urea groups is 1. The smallest absolute Gasteiger partial charge is 0.323 e. The van der Waals surface area contributed by atoms with Gasteiger partial charge < -0.3 is 9.64 Å². The van der Waals surface area contributed by atoms with Gasteiger partial charge in [0.15, 0.2) is 11.6 Å². The van der Waals surface area contributed by atoms with E-state index in [4.69, 9.17) is 4.74 Å². The van der Waals surface area contributed by atoms with Gasteiger partial charge in [-0.15, -0.1) is 0 Å². The lowest BCUT2D eigenvalue weighted by Gasteiger charge is -2.22. The van der Waals surface area contributed by atoms with E-state index in [1.54, 1.807) is 22.8 Å². The third kappa shape index (κ3) is 4.45. The van der Waals surface area contributed by atoms with Gasteiger partial charge in [0.05, 0.1) is 6.04 Å². The summed E-state index contributed by atoms with van der Waals surface area (Å²) >= 11 is 0. The molecule has 9 nitrogen and oxygen atoms in total. The molecule has 152 valence electrons. The van der Waals surface area contributed by atoms with Crippen molar-refractivity contribution in [1.29, 1.82) is 0 Å². The number of amides is 2. The van der Waals surface area contributed by atoms with Crippen LogP contribution in [-0.4, -0.2) is 56.2 Å². The molecule has 2 amide bonds. The van der Waals surface area contributed by atoms with Gasteiger partial charge in [0.1, 0.15) is 5.82 Å². The number of aryl methyl sites for hydroxylation is 1. The van der Waals surface area contributed by atoms with Crippen LogP contribution in [0.15, 0.2) is 42.6 Å². The molecule has 1 aromatic carbocycles. The third-order valence-corrected chi connectivity index (χ3v) is 4.98. The van der Waals surface area contributed by atoms with Crippen molar-refractivity contribution in [2.45, 2.75) is 31.8 Å². The number of hydrogen-bond donors (Lipinski definition) is 2. The molecule has 1 atom stereocenters. The highest BCUT2D eigenvalue weighted by atomic mass is 16.5. The zero-order valence-corrected chi connectivity index (χ0v) is 16.4. The SMILES string of the molecule is COCCCn1ccc(NC(=O)N2CCC[C@@H]2c2nc(-c3ccccc3)n[nH]2)n1. The lowest BCUT2D eigenvalue weighted by atomic mass is 10.2. The van der Waals surface area contributed by atoms with Crippen LogP contribution in [0.25, 0.3) is 11.4 Å². The zero-order chi connectivity index (χ0) is 20.1. The Balaban J connectivity index is 1.41. The van der Waals surface area contributed by atoms with Gasteiger partial charge in [0.2, 0.25) is 0 Å². The fraction of sp³-hybridized carbons (Fsp3) is 0.400. The highest BCUT2D eigenvalue weighted by Gasteiger charge is 2.32. The first-order valence-electron chi connectivity index (χ1n) is 9.82. The number of likely N-dealkylation sites (tertiary alicyclic amines) is 1. The zero-order valence-electron chi connectivity index (χ0n) is 16.4. The average molecular weight is 395 g/mol. The van der Waals surface area contributed by atoms with Crippen molar-refractivity contribution in [2.24, 2.45) is 0 Å². The molecule has 1 fully saturated rings. The highest BCUT2D eigenvalue weighted by Crippen LogP contribution is 2.31. The van der Waals surface area contributed by atoms with E-state index in [0.29, 0.717) is 30.6 Å². The second-order valence-corrected chi connectivity index (χ2v) is 7.00. The fourth-order valence-corrected chi connectivity index (χ4v) is 3.54. The first kappa shape index (κ1) is 19.1. The van der Waals surface area contributed by atoms with E-state index < -0.39 is 0 Å². The van der Waals surface area contributed by atoms with Crippen LogP contribution in [0.1, 0.15) is 31.1 Å². The number of nitrogens with one attached hydrogen (secondary N) is 2. The lowest BCUT2D eigenvalue weighted by Crippen LogP contribution is -2.35. The van der Waals surface area contributed by atoms with Crippen LogP contribution in [0.2, 0.25) is 0 Å². The summed E-state index contributed by atoms with van der Waals surface area (Å²) in [6.07, 6.45) is 4.50. The average Bonchev–Trinajstić information content (AvgIpc) is 3.49. The summed E-state index contributed by atoms with van der Waals surface area (Å²) in [5.41, 5.74) is 0.947. The number of anilines is 1. The van der Waals surface area contributed by atoms with Crippen molar-refractivity contribution in [1.82, 2.24) is 29.9 Å². The Bertz CT molecular complexity index is 937. The predicted molar refractivity (Wildman–Crippen MR) is 108 cm³/mol. The number of aromatic nitrogens is 5. The summed E-state index contributed by atoms with van der Waals surface area (Å²) in [5.74, 6) is 1.89. The van der Waals surface area contributed by atoms with Crippen LogP contribution in [0.3, 0.4) is 0 Å². The van der Waals surface area contributed by atoms with E-state index in [9.17, 15) is 4.79 Å². The molecule has 4 rings (SSSR count). The number of benzene rings is 1. The van der Waals surface area contributed by atoms with Gasteiger partial charge in [0.25, 0.3) is 0 Å². The minimum atomic E-state index is -0.174. The van der Waals surface area contributed by atoms with Crippen LogP contribution in [0, 0.1) is 0 Å². The third-order valence-electron chi connectivity index (χ3n) is 4.98. The van der Waals surface area contributed by atoms with E-state index in [2.05, 4.69) is 25.6 Å². The molecule has 0 bridgehead atoms. The Labute approximate surface area is 169 Å². The Morgan fingerprint density at radius 1 is 1.31 bits per heavy atom. The van der Waals surface area contributed by atoms with Gasteiger partial charge in [-0.2, -0.15) is 10.2 Å². The topological polar surface area (TPSA) is 101 Å². The minimum absolute atomic E-state index is 0.122. The van der Waals surface area contributed by atoms with Crippen LogP contribution in [-0.2, 0) is 11.3 Å². The van der Waals surface area contributed by atoms with Gasteiger partial charge in [-0.1, -0.05) is 30.3 Å². The first-order valence-corrected chi connectivity index (χ1v) is 9.82. The molecule has 9 heteroatoms. The number of ether oxygens (including phenoxy) is 1. The second kappa shape index (κ2) is 8.87. The lowest BCUT2D eigenvalue weighted by molar-refractivity contribution is 0.189. The maximum atomic E-state index is 12.8. The van der Waals surface area contributed by atoms with Crippen LogP contribution < -0.4 is 5.32 Å². The Kier molecular flexibility index (Phi) is 5.85. The molecular weight excluding hydrogens is 370 g/mol. The van der Waals surface area contributed by atoms with Crippen molar-refractivity contribution in [3.05, 3.63) is 48.4 Å². The van der Waals surface area contributed by atoms with Gasteiger partial charge >= 0.3 is 6.03 Å². The molecule has 2 aromatic heterocycles. The Hall–Kier alpha value is -3.20. The number of nitrogens with zero attached hydrogens (tertiary/aromatic N) is 5. The normalized spacial score (nSPS) is 16.3. The highest BCUT2D eigenvalue weighted by molar-refractivity contribution is 5.88. The van der Waals surface area contributed by atoms with E-state index in [1.807, 2.05) is 36.5 Å². The van der Waals surface area contributed by atoms with E-state index in [-0.39, 0.29) is 12.1 Å². The van der Waals surface area contributed by atoms with Crippen LogP contribution in [0.4, 0.5) is 10.6 Å². The molecule has 0 saturated carbocycles.